The number of rotatable bonds is 3. The first-order valence-corrected chi connectivity index (χ1v) is 7.59. The van der Waals surface area contributed by atoms with Gasteiger partial charge < -0.3 is 15.0 Å². The molecule has 23 heavy (non-hydrogen) atoms. The fraction of sp³-hybridized carbons (Fsp3) is 0.167. The molecule has 0 aliphatic rings. The predicted molar refractivity (Wildman–Crippen MR) is 94.7 cm³/mol. The van der Waals surface area contributed by atoms with Gasteiger partial charge in [0.25, 0.3) is 0 Å². The van der Waals surface area contributed by atoms with Crippen LogP contribution in [0.4, 0.5) is 5.69 Å². The van der Waals surface area contributed by atoms with E-state index in [9.17, 15) is 9.90 Å². The first-order valence-electron chi connectivity index (χ1n) is 7.21. The molecule has 2 aromatic carbocycles. The van der Waals surface area contributed by atoms with E-state index in [2.05, 4.69) is 4.98 Å². The molecule has 0 aliphatic carbocycles. The number of fused-ring (bicyclic) bond motifs is 1. The van der Waals surface area contributed by atoms with Crippen LogP contribution >= 0.6 is 11.6 Å². The first-order chi connectivity index (χ1) is 10.9. The van der Waals surface area contributed by atoms with E-state index in [0.717, 1.165) is 16.8 Å². The summed E-state index contributed by atoms with van der Waals surface area (Å²) in [7, 11) is 3.96. The fourth-order valence-electron chi connectivity index (χ4n) is 2.72. The molecule has 0 bridgehead atoms. The highest BCUT2D eigenvalue weighted by atomic mass is 35.5. The van der Waals surface area contributed by atoms with Gasteiger partial charge in [0.05, 0.1) is 16.1 Å². The average Bonchev–Trinajstić information content (AvgIpc) is 2.81. The quantitative estimate of drug-likeness (QED) is 0.698. The van der Waals surface area contributed by atoms with Crippen LogP contribution in [0.25, 0.3) is 22.0 Å². The number of anilines is 1. The molecule has 3 aromatic rings. The molecule has 0 aliphatic heterocycles. The second-order valence-electron chi connectivity index (χ2n) is 5.72. The van der Waals surface area contributed by atoms with E-state index < -0.39 is 0 Å². The van der Waals surface area contributed by atoms with Crippen molar-refractivity contribution in [2.75, 3.05) is 19.0 Å². The first kappa shape index (κ1) is 15.4. The molecule has 4 nitrogen and oxygen atoms in total. The summed E-state index contributed by atoms with van der Waals surface area (Å²) in [5, 5.41) is 11.2. The van der Waals surface area contributed by atoms with Gasteiger partial charge in [-0.2, -0.15) is 0 Å². The van der Waals surface area contributed by atoms with Crippen LogP contribution in [-0.2, 0) is 0 Å². The zero-order chi connectivity index (χ0) is 16.7. The average molecular weight is 329 g/mol. The molecule has 1 heterocycles. The van der Waals surface area contributed by atoms with Gasteiger partial charge in [-0.25, -0.2) is 0 Å². The van der Waals surface area contributed by atoms with Gasteiger partial charge in [0.15, 0.2) is 5.78 Å². The van der Waals surface area contributed by atoms with Crippen LogP contribution in [0, 0.1) is 0 Å². The van der Waals surface area contributed by atoms with Crippen molar-refractivity contribution in [1.82, 2.24) is 4.98 Å². The molecular formula is C18H17ClN2O2. The zero-order valence-electron chi connectivity index (χ0n) is 13.1. The number of halogens is 1. The Morgan fingerprint density at radius 3 is 2.39 bits per heavy atom. The normalized spacial score (nSPS) is 11.0. The number of hydrogen-bond donors (Lipinski definition) is 2. The van der Waals surface area contributed by atoms with Crippen LogP contribution in [0.2, 0.25) is 5.02 Å². The van der Waals surface area contributed by atoms with Crippen molar-refractivity contribution < 1.29 is 9.90 Å². The maximum Gasteiger partial charge on any atom is 0.200 e. The molecule has 0 radical (unpaired) electrons. The van der Waals surface area contributed by atoms with Gasteiger partial charge in [-0.1, -0.05) is 23.7 Å². The van der Waals surface area contributed by atoms with Crippen molar-refractivity contribution >= 4 is 34.0 Å². The van der Waals surface area contributed by atoms with Gasteiger partial charge in [-0.3, -0.25) is 4.79 Å². The van der Waals surface area contributed by atoms with Gasteiger partial charge in [-0.05, 0) is 36.8 Å². The van der Waals surface area contributed by atoms with Gasteiger partial charge in [0, 0.05) is 30.7 Å². The predicted octanol–water partition coefficient (Wildman–Crippen LogP) is 4.46. The third kappa shape index (κ3) is 2.66. The Bertz CT molecular complexity index is 896. The lowest BCUT2D eigenvalue weighted by Crippen LogP contribution is -2.07. The lowest BCUT2D eigenvalue weighted by molar-refractivity contribution is 0.101. The van der Waals surface area contributed by atoms with Gasteiger partial charge in [0.1, 0.15) is 0 Å². The zero-order valence-corrected chi connectivity index (χ0v) is 13.9. The molecule has 1 aromatic heterocycles. The highest BCUT2D eigenvalue weighted by Crippen LogP contribution is 2.36. The summed E-state index contributed by atoms with van der Waals surface area (Å²) in [4.78, 5) is 16.6. The lowest BCUT2D eigenvalue weighted by Gasteiger charge is -2.13. The summed E-state index contributed by atoms with van der Waals surface area (Å²) in [6.45, 7) is 1.43. The minimum absolute atomic E-state index is 0.122. The molecule has 0 spiro atoms. The summed E-state index contributed by atoms with van der Waals surface area (Å²) >= 11 is 6.38. The van der Waals surface area contributed by atoms with E-state index in [1.165, 1.54) is 6.92 Å². The van der Waals surface area contributed by atoms with Crippen LogP contribution in [-0.4, -0.2) is 30.0 Å². The van der Waals surface area contributed by atoms with Crippen molar-refractivity contribution in [3.8, 4) is 17.0 Å². The van der Waals surface area contributed by atoms with Crippen molar-refractivity contribution in [3.05, 3.63) is 47.0 Å². The van der Waals surface area contributed by atoms with Crippen molar-refractivity contribution in [3.63, 3.8) is 0 Å². The van der Waals surface area contributed by atoms with Crippen molar-refractivity contribution in [2.45, 2.75) is 6.92 Å². The number of carbonyl (C=O) groups is 1. The largest absolute Gasteiger partial charge is 0.494 e. The number of nitrogens with one attached hydrogen (secondary N) is 1. The van der Waals surface area contributed by atoms with Crippen molar-refractivity contribution in [1.29, 1.82) is 0 Å². The van der Waals surface area contributed by atoms with E-state index in [1.807, 2.05) is 49.3 Å². The van der Waals surface area contributed by atoms with Crippen LogP contribution in [0.5, 0.6) is 5.88 Å². The number of carbonyl (C=O) groups excluding carboxylic acids is 1. The van der Waals surface area contributed by atoms with Crippen LogP contribution in [0.3, 0.4) is 0 Å². The Kier molecular flexibility index (Phi) is 3.78. The fourth-order valence-corrected chi connectivity index (χ4v) is 2.99. The van der Waals surface area contributed by atoms with E-state index in [0.29, 0.717) is 21.5 Å². The second-order valence-corrected chi connectivity index (χ2v) is 6.13. The number of aromatic hydroxyl groups is 1. The molecule has 2 N–H and O–H groups in total. The Labute approximate surface area is 139 Å². The van der Waals surface area contributed by atoms with Gasteiger partial charge in [0.2, 0.25) is 5.88 Å². The molecule has 0 atom stereocenters. The third-order valence-electron chi connectivity index (χ3n) is 3.91. The smallest absolute Gasteiger partial charge is 0.200 e. The monoisotopic (exact) mass is 328 g/mol. The van der Waals surface area contributed by atoms with Crippen LogP contribution in [0.15, 0.2) is 36.4 Å². The highest BCUT2D eigenvalue weighted by Gasteiger charge is 2.17. The molecule has 0 fully saturated rings. The van der Waals surface area contributed by atoms with E-state index in [-0.39, 0.29) is 11.7 Å². The number of H-pyrrole nitrogens is 1. The Balaban J connectivity index is 2.19. The number of hydrogen-bond acceptors (Lipinski definition) is 3. The van der Waals surface area contributed by atoms with Crippen LogP contribution in [0.1, 0.15) is 17.3 Å². The van der Waals surface area contributed by atoms with Gasteiger partial charge in [-0.15, -0.1) is 0 Å². The number of aromatic nitrogens is 1. The molecule has 0 saturated heterocycles. The molecule has 0 amide bonds. The molecule has 5 heteroatoms. The van der Waals surface area contributed by atoms with E-state index in [1.54, 1.807) is 6.07 Å². The summed E-state index contributed by atoms with van der Waals surface area (Å²) in [6.07, 6.45) is 0. The van der Waals surface area contributed by atoms with Crippen molar-refractivity contribution in [2.24, 2.45) is 0 Å². The maximum atomic E-state index is 11.8. The minimum atomic E-state index is -0.190. The molecule has 118 valence electrons. The Hall–Kier alpha value is -2.46. The number of nitrogens with zero attached hydrogens (tertiary/aromatic N) is 1. The number of benzene rings is 2. The van der Waals surface area contributed by atoms with Gasteiger partial charge >= 0.3 is 0 Å². The molecule has 0 unspecified atom stereocenters. The van der Waals surface area contributed by atoms with E-state index >= 15 is 0 Å². The molecular weight excluding hydrogens is 312 g/mol. The summed E-state index contributed by atoms with van der Waals surface area (Å²) in [6, 6.07) is 11.6. The SMILES string of the molecule is CC(=O)c1c(O)[nH]c2cc(Cl)c(-c3ccc(N(C)C)cc3)cc12. The molecule has 0 saturated carbocycles. The molecule has 3 rings (SSSR count). The highest BCUT2D eigenvalue weighted by molar-refractivity contribution is 6.34. The van der Waals surface area contributed by atoms with Crippen LogP contribution < -0.4 is 4.90 Å². The summed E-state index contributed by atoms with van der Waals surface area (Å²) < 4.78 is 0. The minimum Gasteiger partial charge on any atom is -0.494 e. The summed E-state index contributed by atoms with van der Waals surface area (Å²) in [5.41, 5.74) is 3.81. The standard InChI is InChI=1S/C18H17ClN2O2/c1-10(22)17-14-8-13(15(19)9-16(14)20-18(17)23)11-4-6-12(7-5-11)21(2)3/h4-9,20,23H,1-3H3. The Morgan fingerprint density at radius 1 is 1.17 bits per heavy atom. The lowest BCUT2D eigenvalue weighted by atomic mass is 10.0. The van der Waals surface area contributed by atoms with E-state index in [4.69, 9.17) is 11.6 Å². The number of Topliss-reactive ketones (excluding diaryl/α,β-unsaturated/α-hetero) is 1. The second kappa shape index (κ2) is 5.63. The summed E-state index contributed by atoms with van der Waals surface area (Å²) in [5.74, 6) is -0.311. The number of aromatic amines is 1. The maximum absolute atomic E-state index is 11.8. The Morgan fingerprint density at radius 2 is 1.83 bits per heavy atom. The number of ketones is 1. The third-order valence-corrected chi connectivity index (χ3v) is 4.23. The topological polar surface area (TPSA) is 56.3 Å².